The second-order valence-electron chi connectivity index (χ2n) is 8.13. The minimum Gasteiger partial charge on any atom is -0.176 e. The van der Waals surface area contributed by atoms with Gasteiger partial charge in [-0.2, -0.15) is 25.3 Å². The summed E-state index contributed by atoms with van der Waals surface area (Å²) >= 11 is 9.86. The van der Waals surface area contributed by atoms with Crippen LogP contribution < -0.4 is 0 Å². The molecule has 0 nitrogen and oxygen atoms in total. The Balaban J connectivity index is 3.62. The number of hydrogen-bond acceptors (Lipinski definition) is 2. The Labute approximate surface area is 144 Å². The Bertz CT molecular complexity index is 372. The van der Waals surface area contributed by atoms with E-state index in [9.17, 15) is 0 Å². The van der Waals surface area contributed by atoms with E-state index >= 15 is 0 Å². The van der Waals surface area contributed by atoms with Gasteiger partial charge in [0.2, 0.25) is 0 Å². The van der Waals surface area contributed by atoms with E-state index in [1.807, 2.05) is 0 Å². The first-order valence-electron chi connectivity index (χ1n) is 8.52. The first kappa shape index (κ1) is 19.5. The molecular weight excluding hydrogens is 292 g/mol. The van der Waals surface area contributed by atoms with E-state index in [1.54, 1.807) is 0 Å². The molecule has 0 aliphatic heterocycles. The molecule has 0 radical (unpaired) electrons. The van der Waals surface area contributed by atoms with Gasteiger partial charge in [-0.15, -0.1) is 6.58 Å². The lowest BCUT2D eigenvalue weighted by Crippen LogP contribution is -2.57. The van der Waals surface area contributed by atoms with Gasteiger partial charge in [0.1, 0.15) is 0 Å². The van der Waals surface area contributed by atoms with E-state index in [-0.39, 0.29) is 16.2 Å². The summed E-state index contributed by atoms with van der Waals surface area (Å²) in [6.07, 6.45) is 5.83. The van der Waals surface area contributed by atoms with Gasteiger partial charge in [-0.1, -0.05) is 61.0 Å². The molecule has 1 saturated carbocycles. The van der Waals surface area contributed by atoms with E-state index in [4.69, 9.17) is 25.3 Å². The van der Waals surface area contributed by atoms with E-state index in [1.165, 1.54) is 19.3 Å². The molecule has 0 bridgehead atoms. The van der Waals surface area contributed by atoms with Crippen LogP contribution in [0, 0.1) is 28.1 Å². The molecular formula is C19H36S2. The Hall–Kier alpha value is 0.440. The van der Waals surface area contributed by atoms with Gasteiger partial charge >= 0.3 is 0 Å². The zero-order valence-corrected chi connectivity index (χ0v) is 16.9. The lowest BCUT2D eigenvalue weighted by molar-refractivity contribution is -0.0943. The summed E-state index contributed by atoms with van der Waals surface area (Å²) < 4.78 is 0. The summed E-state index contributed by atoms with van der Waals surface area (Å²) in [5.74, 6) is 1.24. The fourth-order valence-corrected chi connectivity index (χ4v) is 6.04. The van der Waals surface area contributed by atoms with Gasteiger partial charge in [-0.3, -0.25) is 0 Å². The molecule has 0 spiro atoms. The Kier molecular flexibility index (Phi) is 6.04. The standard InChI is InChI=1S/C19H36S2/c1-9-15-16(21)11-12-19(15,17(6,7)13(3)4)18(8,10-2)14(5)20/h10,13-16,20-21H,2,9,11-12H2,1,3-8H3. The molecule has 0 heterocycles. The number of allylic oxidation sites excluding steroid dienone is 1. The summed E-state index contributed by atoms with van der Waals surface area (Å²) in [4.78, 5) is 0. The van der Waals surface area contributed by atoms with Crippen LogP contribution >= 0.6 is 25.3 Å². The topological polar surface area (TPSA) is 0 Å². The van der Waals surface area contributed by atoms with Crippen LogP contribution in [0.25, 0.3) is 0 Å². The minimum atomic E-state index is 0.0159. The minimum absolute atomic E-state index is 0.0159. The molecule has 5 unspecified atom stereocenters. The molecule has 0 aromatic carbocycles. The molecule has 124 valence electrons. The molecule has 1 aliphatic rings. The Morgan fingerprint density at radius 2 is 1.81 bits per heavy atom. The molecule has 0 aromatic heterocycles. The summed E-state index contributed by atoms with van der Waals surface area (Å²) in [5, 5.41) is 0.792. The van der Waals surface area contributed by atoms with Crippen molar-refractivity contribution >= 4 is 25.3 Å². The largest absolute Gasteiger partial charge is 0.176 e. The molecule has 0 saturated heterocycles. The van der Waals surface area contributed by atoms with Gasteiger partial charge in [-0.25, -0.2) is 0 Å². The first-order chi connectivity index (χ1) is 9.52. The molecule has 0 aromatic rings. The summed E-state index contributed by atoms with van der Waals surface area (Å²) in [7, 11) is 0. The van der Waals surface area contributed by atoms with Gasteiger partial charge in [0.25, 0.3) is 0 Å². The first-order valence-corrected chi connectivity index (χ1v) is 9.55. The van der Waals surface area contributed by atoms with Crippen LogP contribution in [0.3, 0.4) is 0 Å². The van der Waals surface area contributed by atoms with Crippen LogP contribution in [0.2, 0.25) is 0 Å². The molecule has 1 aliphatic carbocycles. The molecule has 5 atom stereocenters. The smallest absolute Gasteiger partial charge is 0.00824 e. The molecule has 2 heteroatoms. The zero-order valence-electron chi connectivity index (χ0n) is 15.1. The van der Waals surface area contributed by atoms with Gasteiger partial charge in [0, 0.05) is 15.9 Å². The quantitative estimate of drug-likeness (QED) is 0.416. The average Bonchev–Trinajstić information content (AvgIpc) is 2.75. The van der Waals surface area contributed by atoms with E-state index < -0.39 is 0 Å². The third-order valence-electron chi connectivity index (χ3n) is 7.22. The van der Waals surface area contributed by atoms with Crippen molar-refractivity contribution in [2.45, 2.75) is 78.2 Å². The molecule has 0 N–H and O–H groups in total. The predicted molar refractivity (Wildman–Crippen MR) is 104 cm³/mol. The van der Waals surface area contributed by atoms with Crippen LogP contribution in [0.1, 0.15) is 67.7 Å². The van der Waals surface area contributed by atoms with Gasteiger partial charge in [0.05, 0.1) is 0 Å². The molecule has 21 heavy (non-hydrogen) atoms. The lowest BCUT2D eigenvalue weighted by atomic mass is 9.44. The van der Waals surface area contributed by atoms with Crippen LogP contribution in [-0.2, 0) is 0 Å². The zero-order chi connectivity index (χ0) is 16.6. The summed E-state index contributed by atoms with van der Waals surface area (Å²) in [5.41, 5.74) is 0.450. The van der Waals surface area contributed by atoms with Crippen molar-refractivity contribution < 1.29 is 0 Å². The summed E-state index contributed by atoms with van der Waals surface area (Å²) in [6, 6.07) is 0. The third-order valence-corrected chi connectivity index (χ3v) is 8.37. The van der Waals surface area contributed by atoms with Gasteiger partial charge in [0.15, 0.2) is 0 Å². The van der Waals surface area contributed by atoms with Crippen molar-refractivity contribution in [2.75, 3.05) is 0 Å². The van der Waals surface area contributed by atoms with Crippen LogP contribution in [0.4, 0.5) is 0 Å². The fourth-order valence-electron chi connectivity index (χ4n) is 5.11. The number of hydrogen-bond donors (Lipinski definition) is 2. The monoisotopic (exact) mass is 328 g/mol. The van der Waals surface area contributed by atoms with Crippen molar-refractivity contribution in [3.05, 3.63) is 12.7 Å². The van der Waals surface area contributed by atoms with Crippen molar-refractivity contribution in [2.24, 2.45) is 28.1 Å². The van der Waals surface area contributed by atoms with Crippen molar-refractivity contribution in [3.8, 4) is 0 Å². The van der Waals surface area contributed by atoms with E-state index in [0.29, 0.717) is 22.3 Å². The van der Waals surface area contributed by atoms with E-state index in [0.717, 1.165) is 0 Å². The third kappa shape index (κ3) is 2.63. The molecule has 1 rings (SSSR count). The highest BCUT2D eigenvalue weighted by Crippen LogP contribution is 2.69. The second kappa shape index (κ2) is 6.51. The number of thiol groups is 2. The SMILES string of the molecule is C=CC(C)(C(C)S)C1(C(C)(C)C(C)C)CCC(S)C1CC. The highest BCUT2D eigenvalue weighted by molar-refractivity contribution is 7.81. The van der Waals surface area contributed by atoms with Crippen molar-refractivity contribution in [3.63, 3.8) is 0 Å². The fraction of sp³-hybridized carbons (Fsp3) is 0.895. The predicted octanol–water partition coefficient (Wildman–Crippen LogP) is 6.28. The van der Waals surface area contributed by atoms with E-state index in [2.05, 4.69) is 61.1 Å². The maximum atomic E-state index is 4.96. The maximum Gasteiger partial charge on any atom is 0.00824 e. The normalized spacial score (nSPS) is 34.8. The van der Waals surface area contributed by atoms with Crippen LogP contribution in [0.15, 0.2) is 12.7 Å². The van der Waals surface area contributed by atoms with Crippen molar-refractivity contribution in [1.29, 1.82) is 0 Å². The second-order valence-corrected chi connectivity index (χ2v) is 9.57. The average molecular weight is 329 g/mol. The highest BCUT2D eigenvalue weighted by Gasteiger charge is 2.64. The summed E-state index contributed by atoms with van der Waals surface area (Å²) in [6.45, 7) is 20.9. The lowest BCUT2D eigenvalue weighted by Gasteiger charge is -2.61. The molecule has 1 fully saturated rings. The van der Waals surface area contributed by atoms with Crippen LogP contribution in [-0.4, -0.2) is 10.5 Å². The number of rotatable bonds is 6. The van der Waals surface area contributed by atoms with Gasteiger partial charge < -0.3 is 0 Å². The molecule has 0 amide bonds. The van der Waals surface area contributed by atoms with Crippen LogP contribution in [0.5, 0.6) is 0 Å². The maximum absolute atomic E-state index is 4.96. The Morgan fingerprint density at radius 1 is 1.29 bits per heavy atom. The Morgan fingerprint density at radius 3 is 2.14 bits per heavy atom. The van der Waals surface area contributed by atoms with Gasteiger partial charge in [-0.05, 0) is 35.5 Å². The highest BCUT2D eigenvalue weighted by atomic mass is 32.1. The van der Waals surface area contributed by atoms with Crippen molar-refractivity contribution in [1.82, 2.24) is 0 Å².